The number of nitrogens with two attached hydrogens (primary N) is 1. The summed E-state index contributed by atoms with van der Waals surface area (Å²) in [6, 6.07) is 6.98. The Balaban J connectivity index is 2.30. The van der Waals surface area contributed by atoms with Crippen LogP contribution >= 0.6 is 11.8 Å². The average molecular weight is 270 g/mol. The third kappa shape index (κ3) is 6.38. The average Bonchev–Trinajstić information content (AvgIpc) is 2.33. The Bertz CT molecular complexity index is 344. The molecule has 0 heterocycles. The molecule has 3 N–H and O–H groups in total. The van der Waals surface area contributed by atoms with E-state index in [1.165, 1.54) is 18.9 Å². The maximum Gasteiger partial charge on any atom is 0.124 e. The number of hydrogen-bond donors (Lipinski definition) is 2. The van der Waals surface area contributed by atoms with Gasteiger partial charge in [-0.3, -0.25) is 11.3 Å². The Morgan fingerprint density at radius 2 is 2.11 bits per heavy atom. The van der Waals surface area contributed by atoms with E-state index in [1.807, 2.05) is 6.07 Å². The molecule has 102 valence electrons. The van der Waals surface area contributed by atoms with Crippen LogP contribution in [0.5, 0.6) is 0 Å². The van der Waals surface area contributed by atoms with E-state index in [1.54, 1.807) is 23.9 Å². The molecule has 4 heteroatoms. The van der Waals surface area contributed by atoms with Crippen LogP contribution in [0.15, 0.2) is 29.2 Å². The maximum absolute atomic E-state index is 13.0. The summed E-state index contributed by atoms with van der Waals surface area (Å²) >= 11 is 1.64. The van der Waals surface area contributed by atoms with Crippen LogP contribution in [0.3, 0.4) is 0 Å². The standard InChI is InChI=1S/C14H23FN2S/c1-11(2)5-3-7-13(17-16)10-18-14-8-4-6-12(15)9-14/h4,6,8-9,11,13,17H,3,5,7,10,16H2,1-2H3. The predicted octanol–water partition coefficient (Wildman–Crippen LogP) is 3.58. The van der Waals surface area contributed by atoms with Gasteiger partial charge >= 0.3 is 0 Å². The number of benzene rings is 1. The molecule has 0 fully saturated rings. The summed E-state index contributed by atoms with van der Waals surface area (Å²) in [7, 11) is 0. The second-order valence-electron chi connectivity index (χ2n) is 4.96. The summed E-state index contributed by atoms with van der Waals surface area (Å²) in [5, 5.41) is 0. The Kier molecular flexibility index (Phi) is 7.32. The first-order valence-electron chi connectivity index (χ1n) is 6.46. The molecule has 1 unspecified atom stereocenters. The predicted molar refractivity (Wildman–Crippen MR) is 76.9 cm³/mol. The number of halogens is 1. The van der Waals surface area contributed by atoms with Gasteiger partial charge in [-0.1, -0.05) is 32.8 Å². The molecular formula is C14H23FN2S. The lowest BCUT2D eigenvalue weighted by molar-refractivity contribution is 0.469. The van der Waals surface area contributed by atoms with Gasteiger partial charge in [-0.25, -0.2) is 4.39 Å². The van der Waals surface area contributed by atoms with Crippen LogP contribution in [-0.2, 0) is 0 Å². The van der Waals surface area contributed by atoms with Crippen molar-refractivity contribution in [2.24, 2.45) is 11.8 Å². The Morgan fingerprint density at radius 1 is 1.33 bits per heavy atom. The van der Waals surface area contributed by atoms with Crippen molar-refractivity contribution in [3.05, 3.63) is 30.1 Å². The smallest absolute Gasteiger partial charge is 0.124 e. The summed E-state index contributed by atoms with van der Waals surface area (Å²) in [6.07, 6.45) is 3.47. The lowest BCUT2D eigenvalue weighted by Crippen LogP contribution is -2.37. The highest BCUT2D eigenvalue weighted by Crippen LogP contribution is 2.21. The number of rotatable bonds is 8. The van der Waals surface area contributed by atoms with Gasteiger partial charge in [0, 0.05) is 16.7 Å². The van der Waals surface area contributed by atoms with Crippen molar-refractivity contribution in [3.63, 3.8) is 0 Å². The van der Waals surface area contributed by atoms with Crippen molar-refractivity contribution in [1.29, 1.82) is 0 Å². The van der Waals surface area contributed by atoms with E-state index in [9.17, 15) is 4.39 Å². The lowest BCUT2D eigenvalue weighted by Gasteiger charge is -2.16. The molecule has 0 amide bonds. The lowest BCUT2D eigenvalue weighted by atomic mass is 10.0. The van der Waals surface area contributed by atoms with Gasteiger partial charge in [-0.15, -0.1) is 11.8 Å². The fraction of sp³-hybridized carbons (Fsp3) is 0.571. The van der Waals surface area contributed by atoms with Gasteiger partial charge in [-0.2, -0.15) is 0 Å². The highest BCUT2D eigenvalue weighted by molar-refractivity contribution is 7.99. The van der Waals surface area contributed by atoms with E-state index in [2.05, 4.69) is 19.3 Å². The first-order chi connectivity index (χ1) is 8.61. The van der Waals surface area contributed by atoms with Crippen molar-refractivity contribution in [2.75, 3.05) is 5.75 Å². The molecule has 0 saturated carbocycles. The van der Waals surface area contributed by atoms with Crippen LogP contribution in [0.4, 0.5) is 4.39 Å². The fourth-order valence-electron chi connectivity index (χ4n) is 1.74. The molecule has 1 atom stereocenters. The SMILES string of the molecule is CC(C)CCCC(CSc1cccc(F)c1)NN. The van der Waals surface area contributed by atoms with E-state index in [0.717, 1.165) is 23.0 Å². The first-order valence-corrected chi connectivity index (χ1v) is 7.45. The molecule has 0 aromatic heterocycles. The summed E-state index contributed by atoms with van der Waals surface area (Å²) in [5.74, 6) is 6.97. The molecule has 0 aliphatic heterocycles. The molecule has 0 aliphatic carbocycles. The molecule has 0 saturated heterocycles. The number of nitrogens with one attached hydrogen (secondary N) is 1. The molecule has 0 radical (unpaired) electrons. The zero-order chi connectivity index (χ0) is 13.4. The van der Waals surface area contributed by atoms with Crippen molar-refractivity contribution in [3.8, 4) is 0 Å². The third-order valence-electron chi connectivity index (χ3n) is 2.82. The Morgan fingerprint density at radius 3 is 2.72 bits per heavy atom. The Labute approximate surface area is 113 Å². The van der Waals surface area contributed by atoms with E-state index < -0.39 is 0 Å². The van der Waals surface area contributed by atoms with Crippen molar-refractivity contribution in [1.82, 2.24) is 5.43 Å². The number of thioether (sulfide) groups is 1. The van der Waals surface area contributed by atoms with E-state index in [0.29, 0.717) is 0 Å². The van der Waals surface area contributed by atoms with Gasteiger partial charge in [0.05, 0.1) is 0 Å². The number of hydrogen-bond acceptors (Lipinski definition) is 3. The molecule has 0 aliphatic rings. The molecule has 1 aromatic rings. The third-order valence-corrected chi connectivity index (χ3v) is 3.97. The zero-order valence-electron chi connectivity index (χ0n) is 11.2. The summed E-state index contributed by atoms with van der Waals surface area (Å²) in [5.41, 5.74) is 2.85. The molecule has 1 rings (SSSR count). The van der Waals surface area contributed by atoms with Crippen LogP contribution in [-0.4, -0.2) is 11.8 Å². The summed E-state index contributed by atoms with van der Waals surface area (Å²) in [6.45, 7) is 4.46. The fourth-order valence-corrected chi connectivity index (χ4v) is 2.77. The van der Waals surface area contributed by atoms with Crippen molar-refractivity contribution in [2.45, 2.75) is 44.0 Å². The van der Waals surface area contributed by atoms with Gasteiger partial charge < -0.3 is 0 Å². The van der Waals surface area contributed by atoms with E-state index >= 15 is 0 Å². The van der Waals surface area contributed by atoms with Crippen LogP contribution in [0.1, 0.15) is 33.1 Å². The van der Waals surface area contributed by atoms with E-state index in [4.69, 9.17) is 5.84 Å². The largest absolute Gasteiger partial charge is 0.271 e. The van der Waals surface area contributed by atoms with Crippen molar-refractivity contribution < 1.29 is 4.39 Å². The van der Waals surface area contributed by atoms with Crippen LogP contribution in [0.25, 0.3) is 0 Å². The van der Waals surface area contributed by atoms with Crippen molar-refractivity contribution >= 4 is 11.8 Å². The molecule has 0 bridgehead atoms. The van der Waals surface area contributed by atoms with Gasteiger partial charge in [0.1, 0.15) is 5.82 Å². The quantitative estimate of drug-likeness (QED) is 0.431. The minimum Gasteiger partial charge on any atom is -0.271 e. The van der Waals surface area contributed by atoms with Gasteiger partial charge in [0.25, 0.3) is 0 Å². The topological polar surface area (TPSA) is 38.0 Å². The molecule has 2 nitrogen and oxygen atoms in total. The highest BCUT2D eigenvalue weighted by atomic mass is 32.2. The minimum atomic E-state index is -0.183. The molecule has 1 aromatic carbocycles. The van der Waals surface area contributed by atoms with Gasteiger partial charge in [0.2, 0.25) is 0 Å². The second kappa shape index (κ2) is 8.51. The van der Waals surface area contributed by atoms with E-state index in [-0.39, 0.29) is 11.9 Å². The Hall–Kier alpha value is -0.580. The first kappa shape index (κ1) is 15.5. The second-order valence-corrected chi connectivity index (χ2v) is 6.05. The minimum absolute atomic E-state index is 0.183. The maximum atomic E-state index is 13.0. The summed E-state index contributed by atoms with van der Waals surface area (Å²) in [4.78, 5) is 0.958. The van der Waals surface area contributed by atoms with Crippen LogP contribution in [0.2, 0.25) is 0 Å². The zero-order valence-corrected chi connectivity index (χ0v) is 12.0. The van der Waals surface area contributed by atoms with Gasteiger partial charge in [-0.05, 0) is 30.5 Å². The highest BCUT2D eigenvalue weighted by Gasteiger charge is 2.08. The van der Waals surface area contributed by atoms with Crippen LogP contribution in [0, 0.1) is 11.7 Å². The molecule has 0 spiro atoms. The monoisotopic (exact) mass is 270 g/mol. The molecule has 18 heavy (non-hydrogen) atoms. The normalized spacial score (nSPS) is 12.9. The van der Waals surface area contributed by atoms with Crippen LogP contribution < -0.4 is 11.3 Å². The molecular weight excluding hydrogens is 247 g/mol. The summed E-state index contributed by atoms with van der Waals surface area (Å²) < 4.78 is 13.0. The van der Waals surface area contributed by atoms with Gasteiger partial charge in [0.15, 0.2) is 0 Å². The number of hydrazine groups is 1.